The molecule has 0 saturated carbocycles. The summed E-state index contributed by atoms with van der Waals surface area (Å²) in [7, 11) is 2.90. The quantitative estimate of drug-likeness (QED) is 0.459. The average molecular weight is 302 g/mol. The molecule has 0 N–H and O–H groups in total. The molecule has 0 aliphatic carbocycles. The smallest absolute Gasteiger partial charge is 0.305 e. The number of carbonyl (C=O) groups excluding carboxylic acids is 2. The summed E-state index contributed by atoms with van der Waals surface area (Å²) in [5.74, 6) is -0.531. The van der Waals surface area contributed by atoms with E-state index in [0.29, 0.717) is 12.0 Å². The predicted octanol–water partition coefficient (Wildman–Crippen LogP) is 2.34. The van der Waals surface area contributed by atoms with Crippen LogP contribution in [0.25, 0.3) is 0 Å². The lowest BCUT2D eigenvalue weighted by atomic mass is 10.0. The van der Waals surface area contributed by atoms with E-state index in [1.807, 2.05) is 19.1 Å². The lowest BCUT2D eigenvalue weighted by Gasteiger charge is -2.11. The zero-order valence-corrected chi connectivity index (χ0v) is 12.8. The van der Waals surface area contributed by atoms with Gasteiger partial charge in [0.25, 0.3) is 5.91 Å². The van der Waals surface area contributed by atoms with E-state index in [-0.39, 0.29) is 18.3 Å². The number of methoxy groups -OCH3 is 1. The topological polar surface area (TPSA) is 83.7 Å². The van der Waals surface area contributed by atoms with Crippen molar-refractivity contribution in [3.8, 4) is 0 Å². The Kier molecular flexibility index (Phi) is 4.65. The van der Waals surface area contributed by atoms with Crippen LogP contribution < -0.4 is 0 Å². The number of nitrogens with zero attached hydrogens (tertiary/aromatic N) is 4. The Hall–Kier alpha value is -2.57. The van der Waals surface area contributed by atoms with Crippen LogP contribution in [0.5, 0.6) is 0 Å². The molecule has 1 aromatic rings. The lowest BCUT2D eigenvalue weighted by Crippen LogP contribution is -2.21. The highest BCUT2D eigenvalue weighted by atomic mass is 16.5. The van der Waals surface area contributed by atoms with Crippen molar-refractivity contribution < 1.29 is 14.3 Å². The van der Waals surface area contributed by atoms with Gasteiger partial charge in [0.1, 0.15) is 0 Å². The molecule has 0 aromatic heterocycles. The molecule has 2 rings (SSSR count). The van der Waals surface area contributed by atoms with Crippen molar-refractivity contribution in [3.63, 3.8) is 0 Å². The number of benzene rings is 1. The van der Waals surface area contributed by atoms with E-state index in [1.54, 1.807) is 19.2 Å². The van der Waals surface area contributed by atoms with Crippen molar-refractivity contribution >= 4 is 18.1 Å². The molecule has 0 unspecified atom stereocenters. The third-order valence-corrected chi connectivity index (χ3v) is 3.33. The highest BCUT2D eigenvalue weighted by Gasteiger charge is 2.35. The summed E-state index contributed by atoms with van der Waals surface area (Å²) in [6, 6.07) is 7.13. The number of esters is 1. The van der Waals surface area contributed by atoms with Gasteiger partial charge < -0.3 is 4.74 Å². The van der Waals surface area contributed by atoms with Gasteiger partial charge in [-0.1, -0.05) is 12.1 Å². The van der Waals surface area contributed by atoms with Crippen LogP contribution in [0.3, 0.4) is 0 Å². The van der Waals surface area contributed by atoms with Crippen molar-refractivity contribution in [1.29, 1.82) is 0 Å². The van der Waals surface area contributed by atoms with Gasteiger partial charge in [-0.2, -0.15) is 15.3 Å². The van der Waals surface area contributed by atoms with Gasteiger partial charge >= 0.3 is 5.97 Å². The average Bonchev–Trinajstić information content (AvgIpc) is 3.29. The maximum Gasteiger partial charge on any atom is 0.305 e. The number of hydrogen-bond acceptors (Lipinski definition) is 6. The monoisotopic (exact) mass is 302 g/mol. The first-order valence-electron chi connectivity index (χ1n) is 6.88. The Labute approximate surface area is 128 Å². The molecule has 0 fully saturated rings. The van der Waals surface area contributed by atoms with Gasteiger partial charge in [0.15, 0.2) is 0 Å². The molecular formula is C15H18N4O3. The molecular weight excluding hydrogens is 284 g/mol. The minimum atomic E-state index is -0.445. The van der Waals surface area contributed by atoms with E-state index in [2.05, 4.69) is 20.1 Å². The van der Waals surface area contributed by atoms with Crippen LogP contribution in [0.4, 0.5) is 0 Å². The summed E-state index contributed by atoms with van der Waals surface area (Å²) in [6.45, 7) is 1.90. The summed E-state index contributed by atoms with van der Waals surface area (Å²) in [4.78, 5) is 23.1. The van der Waals surface area contributed by atoms with Gasteiger partial charge in [-0.3, -0.25) is 9.59 Å². The van der Waals surface area contributed by atoms with E-state index in [9.17, 15) is 9.59 Å². The van der Waals surface area contributed by atoms with Crippen molar-refractivity contribution in [3.05, 3.63) is 35.4 Å². The molecule has 1 aromatic carbocycles. The second-order valence-electron chi connectivity index (χ2n) is 5.04. The highest BCUT2D eigenvalue weighted by Crippen LogP contribution is 2.38. The van der Waals surface area contributed by atoms with Crippen LogP contribution in [0, 0.1) is 0 Å². The Morgan fingerprint density at radius 2 is 1.95 bits per heavy atom. The first-order valence-corrected chi connectivity index (χ1v) is 6.88. The maximum absolute atomic E-state index is 12.2. The molecule has 22 heavy (non-hydrogen) atoms. The van der Waals surface area contributed by atoms with Crippen LogP contribution in [0.15, 0.2) is 39.6 Å². The molecule has 1 heterocycles. The van der Waals surface area contributed by atoms with Crippen LogP contribution in [-0.4, -0.2) is 37.3 Å². The molecule has 7 nitrogen and oxygen atoms in total. The Morgan fingerprint density at radius 1 is 1.32 bits per heavy atom. The van der Waals surface area contributed by atoms with Crippen molar-refractivity contribution in [2.24, 2.45) is 15.3 Å². The summed E-state index contributed by atoms with van der Waals surface area (Å²) >= 11 is 0. The molecule has 0 atom stereocenters. The fraction of sp³-hybridized carbons (Fsp3) is 0.400. The number of rotatable bonds is 6. The second-order valence-corrected chi connectivity index (χ2v) is 5.04. The van der Waals surface area contributed by atoms with Gasteiger partial charge in [0.05, 0.1) is 13.5 Å². The zero-order chi connectivity index (χ0) is 16.2. The lowest BCUT2D eigenvalue weighted by molar-refractivity contribution is -0.140. The fourth-order valence-corrected chi connectivity index (χ4v) is 1.82. The Bertz CT molecular complexity index is 616. The van der Waals surface area contributed by atoms with E-state index in [1.165, 1.54) is 18.3 Å². The molecule has 116 valence electrons. The Morgan fingerprint density at radius 3 is 2.50 bits per heavy atom. The van der Waals surface area contributed by atoms with Gasteiger partial charge in [-0.25, -0.2) is 5.01 Å². The molecule has 0 radical (unpaired) electrons. The number of hydrogen-bond donors (Lipinski definition) is 0. The maximum atomic E-state index is 12.2. The van der Waals surface area contributed by atoms with Crippen LogP contribution >= 0.6 is 0 Å². The van der Waals surface area contributed by atoms with E-state index in [4.69, 9.17) is 0 Å². The summed E-state index contributed by atoms with van der Waals surface area (Å²) in [5.41, 5.74) is 1.04. The largest absolute Gasteiger partial charge is 0.469 e. The zero-order valence-electron chi connectivity index (χ0n) is 12.8. The summed E-state index contributed by atoms with van der Waals surface area (Å²) in [5, 5.41) is 13.1. The normalized spacial score (nSPS) is 14.9. The van der Waals surface area contributed by atoms with Crippen molar-refractivity contribution in [2.75, 3.05) is 14.2 Å². The van der Waals surface area contributed by atoms with Crippen molar-refractivity contribution in [2.45, 2.75) is 25.4 Å². The number of hydrazone groups is 1. The SMILES string of the molecule is COC(=O)CC/C=N/N(C)C(=O)c1ccc(C2(C)N=N2)cc1. The molecule has 1 aliphatic rings. The molecule has 1 amide bonds. The minimum absolute atomic E-state index is 0.226. The first kappa shape index (κ1) is 15.8. The van der Waals surface area contributed by atoms with E-state index in [0.717, 1.165) is 5.56 Å². The van der Waals surface area contributed by atoms with E-state index >= 15 is 0 Å². The van der Waals surface area contributed by atoms with Gasteiger partial charge in [0.2, 0.25) is 5.66 Å². The highest BCUT2D eigenvalue weighted by molar-refractivity contribution is 5.94. The van der Waals surface area contributed by atoms with Crippen LogP contribution in [0.1, 0.15) is 35.7 Å². The Balaban J connectivity index is 1.90. The first-order chi connectivity index (χ1) is 10.5. The van der Waals surface area contributed by atoms with Crippen LogP contribution in [0.2, 0.25) is 0 Å². The summed E-state index contributed by atoms with van der Waals surface area (Å²) in [6.07, 6.45) is 2.18. The van der Waals surface area contributed by atoms with Crippen molar-refractivity contribution in [1.82, 2.24) is 5.01 Å². The fourth-order valence-electron chi connectivity index (χ4n) is 1.82. The van der Waals surface area contributed by atoms with Gasteiger partial charge in [0, 0.05) is 24.4 Å². The minimum Gasteiger partial charge on any atom is -0.469 e. The molecule has 1 aliphatic heterocycles. The van der Waals surface area contributed by atoms with Gasteiger partial charge in [-0.05, 0) is 25.5 Å². The second kappa shape index (κ2) is 6.46. The van der Waals surface area contributed by atoms with Gasteiger partial charge in [-0.15, -0.1) is 0 Å². The summed E-state index contributed by atoms with van der Waals surface area (Å²) < 4.78 is 4.52. The predicted molar refractivity (Wildman–Crippen MR) is 80.5 cm³/mol. The molecule has 7 heteroatoms. The molecule has 0 bridgehead atoms. The third kappa shape index (κ3) is 3.75. The molecule has 0 saturated heterocycles. The third-order valence-electron chi connectivity index (χ3n) is 3.33. The number of amides is 1. The van der Waals surface area contributed by atoms with Crippen LogP contribution in [-0.2, 0) is 15.2 Å². The van der Waals surface area contributed by atoms with E-state index < -0.39 is 5.66 Å². The standard InChI is InChI=1S/C15H18N4O3/c1-15(17-18-15)12-8-6-11(7-9-12)14(21)19(2)16-10-4-5-13(20)22-3/h6-10H,4-5H2,1-3H3/b16-10+. The number of carbonyl (C=O) groups is 2. The molecule has 0 spiro atoms. The number of ether oxygens (including phenoxy) is 1.